The van der Waals surface area contributed by atoms with E-state index in [1.165, 1.54) is 186 Å². The molecule has 1 amide bonds. The molecular formula is C52H101NO5. The SMILES string of the molecule is CCCCCCCCCCC/C=C/CCCCCCCC(=O)OC(CCCCCCCCCCCC)CC(=O)NC(CO)C(O)CCCCCCCCCCCCC. The van der Waals surface area contributed by atoms with Crippen LogP contribution in [-0.4, -0.2) is 46.9 Å². The molecule has 0 fully saturated rings. The summed E-state index contributed by atoms with van der Waals surface area (Å²) >= 11 is 0. The van der Waals surface area contributed by atoms with Gasteiger partial charge in [0.05, 0.1) is 25.2 Å². The van der Waals surface area contributed by atoms with Crippen LogP contribution in [0.25, 0.3) is 0 Å². The van der Waals surface area contributed by atoms with Gasteiger partial charge in [0.15, 0.2) is 0 Å². The fourth-order valence-electron chi connectivity index (χ4n) is 8.13. The minimum absolute atomic E-state index is 0.0808. The third-order valence-electron chi connectivity index (χ3n) is 12.1. The molecule has 0 aromatic rings. The number of rotatable bonds is 47. The van der Waals surface area contributed by atoms with Crippen LogP contribution in [0.1, 0.15) is 284 Å². The molecule has 0 aromatic heterocycles. The largest absolute Gasteiger partial charge is 0.462 e. The average molecular weight is 820 g/mol. The summed E-state index contributed by atoms with van der Waals surface area (Å²) in [5, 5.41) is 23.7. The van der Waals surface area contributed by atoms with Gasteiger partial charge in [-0.1, -0.05) is 232 Å². The fourth-order valence-corrected chi connectivity index (χ4v) is 8.13. The summed E-state index contributed by atoms with van der Waals surface area (Å²) < 4.78 is 5.92. The van der Waals surface area contributed by atoms with Crippen LogP contribution < -0.4 is 5.32 Å². The molecule has 0 saturated heterocycles. The second-order valence-electron chi connectivity index (χ2n) is 17.9. The smallest absolute Gasteiger partial charge is 0.306 e. The Morgan fingerprint density at radius 3 is 1.22 bits per heavy atom. The van der Waals surface area contributed by atoms with E-state index in [1.54, 1.807) is 0 Å². The van der Waals surface area contributed by atoms with Gasteiger partial charge in [-0.15, -0.1) is 0 Å². The van der Waals surface area contributed by atoms with Crippen molar-refractivity contribution in [3.05, 3.63) is 12.2 Å². The van der Waals surface area contributed by atoms with Gasteiger partial charge in [0.2, 0.25) is 5.91 Å². The van der Waals surface area contributed by atoms with E-state index in [4.69, 9.17) is 4.74 Å². The minimum Gasteiger partial charge on any atom is -0.462 e. The molecule has 0 radical (unpaired) electrons. The van der Waals surface area contributed by atoms with Crippen molar-refractivity contribution in [1.82, 2.24) is 5.32 Å². The highest BCUT2D eigenvalue weighted by atomic mass is 16.5. The van der Waals surface area contributed by atoms with Gasteiger partial charge in [-0.2, -0.15) is 0 Å². The van der Waals surface area contributed by atoms with E-state index in [-0.39, 0.29) is 24.9 Å². The van der Waals surface area contributed by atoms with Crippen molar-refractivity contribution in [3.63, 3.8) is 0 Å². The van der Waals surface area contributed by atoms with E-state index in [0.717, 1.165) is 51.4 Å². The highest BCUT2D eigenvalue weighted by molar-refractivity contribution is 5.77. The maximum Gasteiger partial charge on any atom is 0.306 e. The number of hydrogen-bond acceptors (Lipinski definition) is 5. The van der Waals surface area contributed by atoms with Crippen LogP contribution in [0.4, 0.5) is 0 Å². The number of hydrogen-bond donors (Lipinski definition) is 3. The molecule has 0 rings (SSSR count). The second kappa shape index (κ2) is 46.7. The normalized spacial score (nSPS) is 13.3. The first-order valence-electron chi connectivity index (χ1n) is 25.9. The summed E-state index contributed by atoms with van der Waals surface area (Å²) in [6.45, 7) is 6.48. The highest BCUT2D eigenvalue weighted by Crippen LogP contribution is 2.18. The zero-order valence-electron chi connectivity index (χ0n) is 39.2. The Labute approximate surface area is 361 Å². The first-order chi connectivity index (χ1) is 28.5. The number of esters is 1. The molecule has 344 valence electrons. The number of unbranched alkanes of at least 4 members (excludes halogenated alkanes) is 33. The number of ether oxygens (including phenoxy) is 1. The number of allylic oxidation sites excluding steroid dienone is 2. The summed E-state index contributed by atoms with van der Waals surface area (Å²) in [6, 6.07) is -0.695. The maximum absolute atomic E-state index is 13.2. The first kappa shape index (κ1) is 56.6. The van der Waals surface area contributed by atoms with Gasteiger partial charge in [-0.25, -0.2) is 0 Å². The molecule has 6 nitrogen and oxygen atoms in total. The van der Waals surface area contributed by atoms with Gasteiger partial charge < -0.3 is 20.3 Å². The number of carbonyl (C=O) groups is 2. The molecule has 3 unspecified atom stereocenters. The molecule has 0 aliphatic heterocycles. The van der Waals surface area contributed by atoms with Crippen LogP contribution in [0.3, 0.4) is 0 Å². The maximum atomic E-state index is 13.2. The predicted molar refractivity (Wildman–Crippen MR) is 250 cm³/mol. The lowest BCUT2D eigenvalue weighted by Crippen LogP contribution is -2.46. The van der Waals surface area contributed by atoms with E-state index in [0.29, 0.717) is 19.3 Å². The van der Waals surface area contributed by atoms with Gasteiger partial charge in [-0.05, 0) is 51.4 Å². The average Bonchev–Trinajstić information content (AvgIpc) is 3.22. The molecule has 0 bridgehead atoms. The molecule has 0 aliphatic carbocycles. The van der Waals surface area contributed by atoms with Crippen molar-refractivity contribution in [1.29, 1.82) is 0 Å². The van der Waals surface area contributed by atoms with Crippen LogP contribution in [0.15, 0.2) is 12.2 Å². The van der Waals surface area contributed by atoms with E-state index in [1.807, 2.05) is 0 Å². The monoisotopic (exact) mass is 820 g/mol. The lowest BCUT2D eigenvalue weighted by Gasteiger charge is -2.24. The van der Waals surface area contributed by atoms with Gasteiger partial charge in [0, 0.05) is 6.42 Å². The highest BCUT2D eigenvalue weighted by Gasteiger charge is 2.24. The van der Waals surface area contributed by atoms with Crippen molar-refractivity contribution in [2.45, 2.75) is 302 Å². The second-order valence-corrected chi connectivity index (χ2v) is 17.9. The van der Waals surface area contributed by atoms with E-state index in [2.05, 4.69) is 38.2 Å². The summed E-state index contributed by atoms with van der Waals surface area (Å²) in [4.78, 5) is 26.1. The third-order valence-corrected chi connectivity index (χ3v) is 12.1. The molecule has 3 N–H and O–H groups in total. The predicted octanol–water partition coefficient (Wildman–Crippen LogP) is 15.3. The Morgan fingerprint density at radius 2 is 0.828 bits per heavy atom. The van der Waals surface area contributed by atoms with Gasteiger partial charge in [0.1, 0.15) is 6.10 Å². The van der Waals surface area contributed by atoms with Crippen LogP contribution in [0, 0.1) is 0 Å². The number of nitrogens with one attached hydrogen (secondary N) is 1. The summed E-state index contributed by atoms with van der Waals surface area (Å²) in [7, 11) is 0. The summed E-state index contributed by atoms with van der Waals surface area (Å²) in [6.07, 6.45) is 51.3. The molecule has 0 heterocycles. The Balaban J connectivity index is 4.45. The molecule has 58 heavy (non-hydrogen) atoms. The Hall–Kier alpha value is -1.40. The minimum atomic E-state index is -0.781. The molecule has 0 saturated carbocycles. The Bertz CT molecular complexity index is 878. The standard InChI is InChI=1S/C52H101NO5/c1-4-7-10-13-16-19-22-23-24-25-26-27-28-30-33-36-39-42-45-52(57)58-48(43-40-37-34-31-21-18-15-12-9-6-3)46-51(56)53-49(47-54)50(55)44-41-38-35-32-29-20-17-14-11-8-5-2/h26-27,48-50,54-55H,4-25,28-47H2,1-3H3,(H,53,56)/b27-26+. The first-order valence-corrected chi connectivity index (χ1v) is 25.9. The van der Waals surface area contributed by atoms with Crippen molar-refractivity contribution < 1.29 is 24.5 Å². The number of carbonyl (C=O) groups excluding carboxylic acids is 2. The van der Waals surface area contributed by atoms with Crippen molar-refractivity contribution in [2.24, 2.45) is 0 Å². The van der Waals surface area contributed by atoms with Crippen molar-refractivity contribution in [2.75, 3.05) is 6.61 Å². The zero-order valence-corrected chi connectivity index (χ0v) is 39.2. The van der Waals surface area contributed by atoms with E-state index < -0.39 is 18.2 Å². The third kappa shape index (κ3) is 41.3. The molecule has 0 spiro atoms. The van der Waals surface area contributed by atoms with Crippen LogP contribution in [0.2, 0.25) is 0 Å². The Morgan fingerprint density at radius 1 is 0.483 bits per heavy atom. The lowest BCUT2D eigenvalue weighted by molar-refractivity contribution is -0.151. The quantitative estimate of drug-likeness (QED) is 0.0323. The van der Waals surface area contributed by atoms with Crippen LogP contribution in [-0.2, 0) is 14.3 Å². The number of amides is 1. The van der Waals surface area contributed by atoms with Crippen molar-refractivity contribution >= 4 is 11.9 Å². The van der Waals surface area contributed by atoms with Gasteiger partial charge in [0.25, 0.3) is 0 Å². The van der Waals surface area contributed by atoms with Crippen LogP contribution >= 0.6 is 0 Å². The fraction of sp³-hybridized carbons (Fsp3) is 0.923. The molecule has 0 aliphatic rings. The topological polar surface area (TPSA) is 95.9 Å². The Kier molecular flexibility index (Phi) is 45.5. The van der Waals surface area contributed by atoms with E-state index >= 15 is 0 Å². The van der Waals surface area contributed by atoms with Gasteiger partial charge in [-0.3, -0.25) is 9.59 Å². The lowest BCUT2D eigenvalue weighted by atomic mass is 10.0. The summed E-state index contributed by atoms with van der Waals surface area (Å²) in [5.74, 6) is -0.469. The van der Waals surface area contributed by atoms with Crippen LogP contribution in [0.5, 0.6) is 0 Å². The number of aliphatic hydroxyl groups excluding tert-OH is 2. The van der Waals surface area contributed by atoms with E-state index in [9.17, 15) is 19.8 Å². The molecule has 3 atom stereocenters. The molecule has 0 aromatic carbocycles. The molecular weight excluding hydrogens is 719 g/mol. The molecule has 6 heteroatoms. The number of aliphatic hydroxyl groups is 2. The van der Waals surface area contributed by atoms with Crippen molar-refractivity contribution in [3.8, 4) is 0 Å². The zero-order chi connectivity index (χ0) is 42.4. The summed E-state index contributed by atoms with van der Waals surface area (Å²) in [5.41, 5.74) is 0. The van der Waals surface area contributed by atoms with Gasteiger partial charge >= 0.3 is 5.97 Å².